The Balaban J connectivity index is 2.05. The van der Waals surface area contributed by atoms with Gasteiger partial charge in [0.2, 0.25) is 5.95 Å². The number of nitrogens with zero attached hydrogens (tertiary/aromatic N) is 2. The highest BCUT2D eigenvalue weighted by molar-refractivity contribution is 5.88. The molecule has 0 saturated heterocycles. The van der Waals surface area contributed by atoms with Crippen LogP contribution in [0.4, 0.5) is 17.5 Å². The summed E-state index contributed by atoms with van der Waals surface area (Å²) in [5.74, 6) is 0.785. The second kappa shape index (κ2) is 6.69. The molecular weight excluding hydrogens is 268 g/mol. The molecule has 1 aromatic carbocycles. The van der Waals surface area contributed by atoms with Gasteiger partial charge in [0.05, 0.1) is 5.56 Å². The van der Waals surface area contributed by atoms with Gasteiger partial charge in [-0.3, -0.25) is 0 Å². The quantitative estimate of drug-likeness (QED) is 0.756. The van der Waals surface area contributed by atoms with Crippen molar-refractivity contribution in [2.24, 2.45) is 5.92 Å². The Kier molecular flexibility index (Phi) is 4.71. The summed E-state index contributed by atoms with van der Waals surface area (Å²) in [5.41, 5.74) is 1.02. The molecule has 0 atom stereocenters. The topological polar surface area (TPSA) is 87.1 Å². The summed E-state index contributed by atoms with van der Waals surface area (Å²) < 4.78 is 0. The molecule has 0 bridgehead atoms. The summed E-state index contributed by atoms with van der Waals surface area (Å²) in [5, 5.41) is 15.1. The smallest absolute Gasteiger partial charge is 0.335 e. The first-order chi connectivity index (χ1) is 10.0. The van der Waals surface area contributed by atoms with E-state index in [4.69, 9.17) is 5.11 Å². The second-order valence-corrected chi connectivity index (χ2v) is 5.05. The number of rotatable bonds is 6. The fraction of sp³-hybridized carbons (Fsp3) is 0.267. The van der Waals surface area contributed by atoms with E-state index in [0.29, 0.717) is 17.7 Å². The first kappa shape index (κ1) is 14.8. The summed E-state index contributed by atoms with van der Waals surface area (Å²) in [6.07, 6.45) is 1.67. The van der Waals surface area contributed by atoms with Crippen LogP contribution in [-0.4, -0.2) is 27.6 Å². The third-order valence-corrected chi connectivity index (χ3v) is 2.73. The largest absolute Gasteiger partial charge is 0.478 e. The predicted octanol–water partition coefficient (Wildman–Crippen LogP) is 2.99. The van der Waals surface area contributed by atoms with E-state index in [1.807, 2.05) is 0 Å². The van der Waals surface area contributed by atoms with Crippen molar-refractivity contribution >= 4 is 23.4 Å². The van der Waals surface area contributed by atoms with E-state index in [2.05, 4.69) is 34.4 Å². The van der Waals surface area contributed by atoms with E-state index in [1.54, 1.807) is 36.5 Å². The minimum absolute atomic E-state index is 0.252. The van der Waals surface area contributed by atoms with Gasteiger partial charge in [0.25, 0.3) is 0 Å². The monoisotopic (exact) mass is 286 g/mol. The molecule has 6 nitrogen and oxygen atoms in total. The predicted molar refractivity (Wildman–Crippen MR) is 82.0 cm³/mol. The van der Waals surface area contributed by atoms with E-state index in [9.17, 15) is 4.79 Å². The van der Waals surface area contributed by atoms with Crippen molar-refractivity contribution in [3.8, 4) is 0 Å². The van der Waals surface area contributed by atoms with E-state index >= 15 is 0 Å². The molecule has 2 rings (SSSR count). The second-order valence-electron chi connectivity index (χ2n) is 5.05. The molecule has 0 aliphatic rings. The number of anilines is 3. The molecule has 1 heterocycles. The number of nitrogens with one attached hydrogen (secondary N) is 2. The fourth-order valence-corrected chi connectivity index (χ4v) is 1.65. The molecule has 0 spiro atoms. The van der Waals surface area contributed by atoms with Crippen molar-refractivity contribution in [3.63, 3.8) is 0 Å². The van der Waals surface area contributed by atoms with Crippen LogP contribution in [0, 0.1) is 5.92 Å². The lowest BCUT2D eigenvalue weighted by atomic mass is 10.2. The van der Waals surface area contributed by atoms with Gasteiger partial charge in [-0.25, -0.2) is 9.78 Å². The molecule has 3 N–H and O–H groups in total. The Bertz CT molecular complexity index is 611. The average Bonchev–Trinajstić information content (AvgIpc) is 2.46. The van der Waals surface area contributed by atoms with Crippen LogP contribution in [0.15, 0.2) is 36.5 Å². The standard InChI is InChI=1S/C15H18N4O2/c1-10(2)9-17-15-16-8-7-13(19-15)18-12-5-3-11(4-6-12)14(20)21/h3-8,10H,9H2,1-2H3,(H,20,21)(H2,16,17,18,19). The lowest BCUT2D eigenvalue weighted by molar-refractivity contribution is 0.0697. The summed E-state index contributed by atoms with van der Waals surface area (Å²) in [6, 6.07) is 8.25. The SMILES string of the molecule is CC(C)CNc1nccc(Nc2ccc(C(=O)O)cc2)n1. The molecule has 0 unspecified atom stereocenters. The summed E-state index contributed by atoms with van der Waals surface area (Å²) >= 11 is 0. The number of hydrogen-bond acceptors (Lipinski definition) is 5. The van der Waals surface area contributed by atoms with Crippen molar-refractivity contribution in [2.45, 2.75) is 13.8 Å². The van der Waals surface area contributed by atoms with Gasteiger partial charge in [0, 0.05) is 18.4 Å². The van der Waals surface area contributed by atoms with Crippen LogP contribution in [0.1, 0.15) is 24.2 Å². The number of aromatic carboxylic acids is 1. The molecule has 6 heteroatoms. The van der Waals surface area contributed by atoms with Gasteiger partial charge in [-0.1, -0.05) is 13.8 Å². The minimum Gasteiger partial charge on any atom is -0.478 e. The van der Waals surface area contributed by atoms with Crippen molar-refractivity contribution in [1.82, 2.24) is 9.97 Å². The van der Waals surface area contributed by atoms with Crippen LogP contribution >= 0.6 is 0 Å². The van der Waals surface area contributed by atoms with Gasteiger partial charge >= 0.3 is 5.97 Å². The average molecular weight is 286 g/mol. The molecule has 0 radical (unpaired) electrons. The Morgan fingerprint density at radius 2 is 1.95 bits per heavy atom. The number of carboxylic acid groups (broad SMARTS) is 1. The van der Waals surface area contributed by atoms with Crippen LogP contribution in [0.3, 0.4) is 0 Å². The van der Waals surface area contributed by atoms with Crippen LogP contribution in [-0.2, 0) is 0 Å². The Morgan fingerprint density at radius 3 is 2.57 bits per heavy atom. The summed E-state index contributed by atoms with van der Waals surface area (Å²) in [7, 11) is 0. The fourth-order valence-electron chi connectivity index (χ4n) is 1.65. The van der Waals surface area contributed by atoms with Crippen LogP contribution in [0.2, 0.25) is 0 Å². The summed E-state index contributed by atoms with van der Waals surface area (Å²) in [6.45, 7) is 5.02. The molecule has 0 aliphatic heterocycles. The van der Waals surface area contributed by atoms with Gasteiger partial charge in [0.15, 0.2) is 0 Å². The minimum atomic E-state index is -0.941. The molecule has 0 aliphatic carbocycles. The van der Waals surface area contributed by atoms with Crippen molar-refractivity contribution < 1.29 is 9.90 Å². The number of hydrogen-bond donors (Lipinski definition) is 3. The Labute approximate surface area is 123 Å². The van der Waals surface area contributed by atoms with Gasteiger partial charge in [-0.15, -0.1) is 0 Å². The maximum atomic E-state index is 10.8. The molecule has 21 heavy (non-hydrogen) atoms. The van der Waals surface area contributed by atoms with Crippen LogP contribution < -0.4 is 10.6 Å². The zero-order valence-corrected chi connectivity index (χ0v) is 12.0. The van der Waals surface area contributed by atoms with Gasteiger partial charge in [-0.05, 0) is 36.2 Å². The molecule has 0 saturated carbocycles. The van der Waals surface area contributed by atoms with Gasteiger partial charge < -0.3 is 15.7 Å². The highest BCUT2D eigenvalue weighted by Gasteiger charge is 2.03. The Hall–Kier alpha value is -2.63. The molecular formula is C15H18N4O2. The van der Waals surface area contributed by atoms with Crippen molar-refractivity contribution in [3.05, 3.63) is 42.1 Å². The van der Waals surface area contributed by atoms with E-state index < -0.39 is 5.97 Å². The zero-order chi connectivity index (χ0) is 15.2. The molecule has 2 aromatic rings. The first-order valence-electron chi connectivity index (χ1n) is 6.72. The van der Waals surface area contributed by atoms with Crippen LogP contribution in [0.25, 0.3) is 0 Å². The normalized spacial score (nSPS) is 10.4. The molecule has 1 aromatic heterocycles. The van der Waals surface area contributed by atoms with Crippen LogP contribution in [0.5, 0.6) is 0 Å². The number of carboxylic acids is 1. The van der Waals surface area contributed by atoms with Crippen molar-refractivity contribution in [1.29, 1.82) is 0 Å². The first-order valence-corrected chi connectivity index (χ1v) is 6.72. The third kappa shape index (κ3) is 4.45. The molecule has 0 amide bonds. The van der Waals surface area contributed by atoms with E-state index in [0.717, 1.165) is 12.2 Å². The Morgan fingerprint density at radius 1 is 1.24 bits per heavy atom. The van der Waals surface area contributed by atoms with E-state index in [1.165, 1.54) is 0 Å². The van der Waals surface area contributed by atoms with E-state index in [-0.39, 0.29) is 5.56 Å². The number of aromatic nitrogens is 2. The van der Waals surface area contributed by atoms with Crippen molar-refractivity contribution in [2.75, 3.05) is 17.2 Å². The zero-order valence-electron chi connectivity index (χ0n) is 12.0. The highest BCUT2D eigenvalue weighted by Crippen LogP contribution is 2.16. The van der Waals surface area contributed by atoms with Gasteiger partial charge in [0.1, 0.15) is 5.82 Å². The molecule has 0 fully saturated rings. The molecule has 110 valence electrons. The van der Waals surface area contributed by atoms with Gasteiger partial charge in [-0.2, -0.15) is 4.98 Å². The number of carbonyl (C=O) groups is 1. The maximum absolute atomic E-state index is 10.8. The third-order valence-electron chi connectivity index (χ3n) is 2.73. The summed E-state index contributed by atoms with van der Waals surface area (Å²) in [4.78, 5) is 19.3. The lowest BCUT2D eigenvalue weighted by Crippen LogP contribution is -2.11. The maximum Gasteiger partial charge on any atom is 0.335 e. The lowest BCUT2D eigenvalue weighted by Gasteiger charge is -2.09. The highest BCUT2D eigenvalue weighted by atomic mass is 16.4. The number of benzene rings is 1.